The minimum absolute atomic E-state index is 0.0171. The molecule has 0 unspecified atom stereocenters. The molecule has 0 fully saturated rings. The lowest BCUT2D eigenvalue weighted by Crippen LogP contribution is -2.20. The summed E-state index contributed by atoms with van der Waals surface area (Å²) in [6, 6.07) is 21.6. The molecular weight excluding hydrogens is 494 g/mol. The summed E-state index contributed by atoms with van der Waals surface area (Å²) in [4.78, 5) is 18.0. The molecule has 0 saturated heterocycles. The van der Waals surface area contributed by atoms with Crippen molar-refractivity contribution in [3.63, 3.8) is 0 Å². The van der Waals surface area contributed by atoms with E-state index in [0.29, 0.717) is 33.6 Å². The molecule has 0 aliphatic rings. The maximum Gasteiger partial charge on any atom is 0.272 e. The third-order valence-corrected chi connectivity index (χ3v) is 5.64. The molecule has 0 atom stereocenters. The predicted octanol–water partition coefficient (Wildman–Crippen LogP) is 6.31. The predicted molar refractivity (Wildman–Crippen MR) is 138 cm³/mol. The highest BCUT2D eigenvalue weighted by molar-refractivity contribution is 9.10. The van der Waals surface area contributed by atoms with Gasteiger partial charge >= 0.3 is 0 Å². The summed E-state index contributed by atoms with van der Waals surface area (Å²) in [6.07, 6.45) is 0.0171. The Labute approximate surface area is 206 Å². The van der Waals surface area contributed by atoms with E-state index in [2.05, 4.69) is 26.5 Å². The van der Waals surface area contributed by atoms with E-state index >= 15 is 0 Å². The number of phenols is 1. The largest absolute Gasteiger partial charge is 0.508 e. The molecule has 1 amide bonds. The molecule has 0 radical (unpaired) electrons. The number of aromatic nitrogens is 1. The molecule has 0 saturated carbocycles. The molecule has 172 valence electrons. The Bertz CT molecular complexity index is 1380. The van der Waals surface area contributed by atoms with Crippen molar-refractivity contribution in [3.8, 4) is 22.8 Å². The molecule has 4 aromatic rings. The molecule has 3 aromatic carbocycles. The Balaban J connectivity index is 1.71. The smallest absolute Gasteiger partial charge is 0.272 e. The number of benzene rings is 3. The van der Waals surface area contributed by atoms with Crippen molar-refractivity contribution >= 4 is 38.5 Å². The molecule has 6 nitrogen and oxygen atoms in total. The maximum atomic E-state index is 13.3. The fraction of sp³-hybridized carbons (Fsp3) is 0.148. The van der Waals surface area contributed by atoms with Crippen LogP contribution in [0.25, 0.3) is 22.2 Å². The number of ether oxygens (including phenoxy) is 1. The van der Waals surface area contributed by atoms with Crippen molar-refractivity contribution in [2.45, 2.75) is 26.9 Å². The van der Waals surface area contributed by atoms with Gasteiger partial charge in [0.05, 0.1) is 28.6 Å². The Hall–Kier alpha value is -3.71. The van der Waals surface area contributed by atoms with E-state index in [4.69, 9.17) is 9.72 Å². The molecule has 0 aliphatic heterocycles. The van der Waals surface area contributed by atoms with Crippen LogP contribution in [0.3, 0.4) is 0 Å². The highest BCUT2D eigenvalue weighted by atomic mass is 79.9. The number of para-hydroxylation sites is 1. The lowest BCUT2D eigenvalue weighted by atomic mass is 10.0. The average Bonchev–Trinajstić information content (AvgIpc) is 2.82. The number of carbonyl (C=O) groups is 1. The van der Waals surface area contributed by atoms with Gasteiger partial charge in [-0.05, 0) is 81.4 Å². The number of phenolic OH excluding ortho intramolecular Hbond substituents is 1. The highest BCUT2D eigenvalue weighted by Crippen LogP contribution is 2.28. The summed E-state index contributed by atoms with van der Waals surface area (Å²) in [5.74, 6) is 0.519. The second-order valence-electron chi connectivity index (χ2n) is 8.06. The minimum Gasteiger partial charge on any atom is -0.508 e. The standard InChI is InChI=1S/C27H24BrN3O3/c1-16(2)34-26-7-5-4-6-21(26)17(3)30-31-27(33)23-15-25(18-8-11-20(32)12-9-18)29-24-13-10-19(28)14-22(23)24/h4-16,32H,1-3H3,(H,31,33)/b30-17-. The fourth-order valence-corrected chi connectivity index (χ4v) is 3.90. The van der Waals surface area contributed by atoms with Crippen molar-refractivity contribution in [2.75, 3.05) is 0 Å². The van der Waals surface area contributed by atoms with Gasteiger partial charge in [0.15, 0.2) is 0 Å². The van der Waals surface area contributed by atoms with E-state index in [1.54, 1.807) is 30.3 Å². The Kier molecular flexibility index (Phi) is 6.93. The summed E-state index contributed by atoms with van der Waals surface area (Å²) in [5, 5.41) is 14.7. The second-order valence-corrected chi connectivity index (χ2v) is 8.98. The first-order chi connectivity index (χ1) is 16.3. The van der Waals surface area contributed by atoms with Crippen LogP contribution >= 0.6 is 15.9 Å². The second kappa shape index (κ2) is 10.1. The van der Waals surface area contributed by atoms with E-state index in [0.717, 1.165) is 15.6 Å². The van der Waals surface area contributed by atoms with E-state index < -0.39 is 0 Å². The van der Waals surface area contributed by atoms with Crippen LogP contribution in [0.5, 0.6) is 11.5 Å². The first kappa shape index (κ1) is 23.4. The van der Waals surface area contributed by atoms with Crippen LogP contribution in [0.15, 0.2) is 82.4 Å². The van der Waals surface area contributed by atoms with Crippen LogP contribution in [-0.2, 0) is 0 Å². The number of hydrogen-bond donors (Lipinski definition) is 2. The lowest BCUT2D eigenvalue weighted by molar-refractivity contribution is 0.0956. The lowest BCUT2D eigenvalue weighted by Gasteiger charge is -2.14. The van der Waals surface area contributed by atoms with Crippen molar-refractivity contribution in [1.82, 2.24) is 10.4 Å². The zero-order valence-corrected chi connectivity index (χ0v) is 20.6. The summed E-state index contributed by atoms with van der Waals surface area (Å²) in [6.45, 7) is 5.75. The third-order valence-electron chi connectivity index (χ3n) is 5.14. The third kappa shape index (κ3) is 5.26. The number of nitrogens with one attached hydrogen (secondary N) is 1. The Morgan fingerprint density at radius 2 is 1.76 bits per heavy atom. The summed E-state index contributed by atoms with van der Waals surface area (Å²) < 4.78 is 6.72. The normalized spacial score (nSPS) is 11.6. The van der Waals surface area contributed by atoms with Crippen molar-refractivity contribution < 1.29 is 14.6 Å². The van der Waals surface area contributed by atoms with Gasteiger partial charge in [-0.15, -0.1) is 0 Å². The molecule has 0 spiro atoms. The maximum absolute atomic E-state index is 13.3. The van der Waals surface area contributed by atoms with Gasteiger partial charge in [0.25, 0.3) is 5.91 Å². The molecule has 7 heteroatoms. The van der Waals surface area contributed by atoms with Crippen LogP contribution in [-0.4, -0.2) is 27.8 Å². The number of aromatic hydroxyl groups is 1. The molecule has 0 aliphatic carbocycles. The van der Waals surface area contributed by atoms with Gasteiger partial charge in [-0.2, -0.15) is 5.10 Å². The Morgan fingerprint density at radius 3 is 2.50 bits per heavy atom. The number of amides is 1. The van der Waals surface area contributed by atoms with Crippen molar-refractivity contribution in [2.24, 2.45) is 5.10 Å². The fourth-order valence-electron chi connectivity index (χ4n) is 3.54. The summed E-state index contributed by atoms with van der Waals surface area (Å²) in [5.41, 5.74) is 6.65. The molecule has 4 rings (SSSR count). The van der Waals surface area contributed by atoms with Gasteiger partial charge in [-0.25, -0.2) is 10.4 Å². The van der Waals surface area contributed by atoms with Gasteiger partial charge in [0.2, 0.25) is 0 Å². The summed E-state index contributed by atoms with van der Waals surface area (Å²) >= 11 is 3.48. The van der Waals surface area contributed by atoms with Gasteiger partial charge in [0, 0.05) is 21.0 Å². The van der Waals surface area contributed by atoms with Gasteiger partial charge < -0.3 is 9.84 Å². The molecule has 0 bridgehead atoms. The van der Waals surface area contributed by atoms with Gasteiger partial charge in [-0.3, -0.25) is 4.79 Å². The summed E-state index contributed by atoms with van der Waals surface area (Å²) in [7, 11) is 0. The van der Waals surface area contributed by atoms with E-state index in [1.165, 1.54) is 0 Å². The number of nitrogens with zero attached hydrogens (tertiary/aromatic N) is 2. The number of hydrazone groups is 1. The number of halogens is 1. The highest BCUT2D eigenvalue weighted by Gasteiger charge is 2.15. The zero-order valence-electron chi connectivity index (χ0n) is 19.0. The molecule has 1 aromatic heterocycles. The van der Waals surface area contributed by atoms with Crippen molar-refractivity contribution in [1.29, 1.82) is 0 Å². The Morgan fingerprint density at radius 1 is 1.03 bits per heavy atom. The first-order valence-electron chi connectivity index (χ1n) is 10.8. The number of pyridine rings is 1. The van der Waals surface area contributed by atoms with Crippen LogP contribution in [0.2, 0.25) is 0 Å². The van der Waals surface area contributed by atoms with Crippen LogP contribution in [0, 0.1) is 0 Å². The van der Waals surface area contributed by atoms with Crippen LogP contribution in [0.1, 0.15) is 36.7 Å². The number of rotatable bonds is 6. The zero-order chi connectivity index (χ0) is 24.2. The topological polar surface area (TPSA) is 83.8 Å². The minimum atomic E-state index is -0.355. The molecule has 1 heterocycles. The van der Waals surface area contributed by atoms with E-state index in [-0.39, 0.29) is 17.8 Å². The number of hydrogen-bond acceptors (Lipinski definition) is 5. The number of fused-ring (bicyclic) bond motifs is 1. The van der Waals surface area contributed by atoms with E-state index in [1.807, 2.05) is 63.2 Å². The van der Waals surface area contributed by atoms with Gasteiger partial charge in [0.1, 0.15) is 11.5 Å². The number of carbonyl (C=O) groups excluding carboxylic acids is 1. The molecule has 34 heavy (non-hydrogen) atoms. The molecule has 2 N–H and O–H groups in total. The molecular formula is C27H24BrN3O3. The van der Waals surface area contributed by atoms with Crippen LogP contribution < -0.4 is 10.2 Å². The van der Waals surface area contributed by atoms with Crippen LogP contribution in [0.4, 0.5) is 0 Å². The monoisotopic (exact) mass is 517 g/mol. The van der Waals surface area contributed by atoms with Crippen molar-refractivity contribution in [3.05, 3.63) is 88.4 Å². The quantitative estimate of drug-likeness (QED) is 0.232. The van der Waals surface area contributed by atoms with E-state index in [9.17, 15) is 9.90 Å². The SMILES string of the molecule is C/C(=N/NC(=O)c1cc(-c2ccc(O)cc2)nc2ccc(Br)cc12)c1ccccc1OC(C)C. The first-order valence-corrected chi connectivity index (χ1v) is 11.6. The average molecular weight is 518 g/mol. The van der Waals surface area contributed by atoms with Gasteiger partial charge in [-0.1, -0.05) is 28.1 Å².